The number of H-pyrrole nitrogens is 3. The number of aliphatic carboxylic acids is 2. The molecule has 1 aliphatic heterocycles. The minimum atomic E-state index is -2.05. The number of benzene rings is 5. The molecule has 1 saturated heterocycles. The van der Waals surface area contributed by atoms with Gasteiger partial charge in [0.05, 0.1) is 19.0 Å². The van der Waals surface area contributed by atoms with Crippen LogP contribution >= 0.6 is 12.6 Å². The summed E-state index contributed by atoms with van der Waals surface area (Å²) < 4.78 is 0. The van der Waals surface area contributed by atoms with Gasteiger partial charge in [-0.05, 0) is 134 Å². The smallest absolute Gasteiger partial charge is 0.305 e. The van der Waals surface area contributed by atoms with Crippen LogP contribution in [0.5, 0.6) is 11.5 Å². The molecule has 9 rings (SSSR count). The standard InChI is InChI=1S/C86H107N19O20S/c1-45(2)74(104-79(118)60(18-9-10-32-87)96-81(120)65(37-49-41-92-58-16-7-4-13-54(49)58)101-82(121)64(36-48-40-91-57-15-6-3-12-53(48)57)99-76(115)56(88)34-46-20-24-51(106)25-21-46)85(124)94-43-71(109)95-67(38-50-42-93-59-17-8-5-14-55(50)59)86(125)105-33-11-19-69(105)84(123)102-66(39-73(112)113)83(122)98-61(28-30-70(89)108)77(116)97-62(29-31-72(110)111)78(117)100-63(35-47-22-26-52(107)27-23-47)80(119)103-68(44-126)75(90)114/h3-8,12-17,20-27,40-42,45,56,60-69,74,91-93,106-107,126H,9-11,18-19,28-39,43-44,87-88H2,1-2H3,(H2,89,108)(H2,90,114)(H,94,124)(H,95,109)(H,96,120)(H,97,116)(H,98,122)(H,99,115)(H,100,117)(H,101,121)(H,102,123)(H,103,119)(H,104,118)(H,110,111)(H,112,113)/t56-,60-,61-,62-,63-,64-,65-,66-,67-,68-,69-,74-/m0/s1. The van der Waals surface area contributed by atoms with Crippen LogP contribution in [0, 0.1) is 5.92 Å². The van der Waals surface area contributed by atoms with Crippen LogP contribution in [-0.4, -0.2) is 233 Å². The molecule has 14 amide bonds. The van der Waals surface area contributed by atoms with Gasteiger partial charge < -0.3 is 122 Å². The van der Waals surface area contributed by atoms with E-state index >= 15 is 14.4 Å². The lowest BCUT2D eigenvalue weighted by molar-refractivity contribution is -0.144. The lowest BCUT2D eigenvalue weighted by Gasteiger charge is -2.30. The molecule has 0 bridgehead atoms. The number of para-hydroxylation sites is 3. The molecule has 0 unspecified atom stereocenters. The maximum atomic E-state index is 15.2. The van der Waals surface area contributed by atoms with Gasteiger partial charge in [0.1, 0.15) is 78.0 Å². The van der Waals surface area contributed by atoms with E-state index in [1.54, 1.807) is 74.9 Å². The Morgan fingerprint density at radius 2 is 0.881 bits per heavy atom. The fourth-order valence-corrected chi connectivity index (χ4v) is 14.9. The molecule has 26 N–H and O–H groups in total. The van der Waals surface area contributed by atoms with Crippen molar-refractivity contribution in [2.45, 2.75) is 183 Å². The number of likely N-dealkylation sites (tertiary alicyclic amines) is 1. The second-order valence-electron chi connectivity index (χ2n) is 31.2. The molecule has 40 heteroatoms. The van der Waals surface area contributed by atoms with Crippen molar-refractivity contribution < 1.29 is 97.1 Å². The van der Waals surface area contributed by atoms with Crippen molar-refractivity contribution in [1.29, 1.82) is 0 Å². The lowest BCUT2D eigenvalue weighted by Crippen LogP contribution is -2.60. The molecule has 1 aliphatic rings. The van der Waals surface area contributed by atoms with Gasteiger partial charge in [-0.15, -0.1) is 0 Å². The number of carboxylic acid groups (broad SMARTS) is 2. The van der Waals surface area contributed by atoms with Gasteiger partial charge in [0.2, 0.25) is 82.7 Å². The Morgan fingerprint density at radius 1 is 0.460 bits per heavy atom. The number of hydrogen-bond donors (Lipinski definition) is 23. The Kier molecular flexibility index (Phi) is 35.0. The van der Waals surface area contributed by atoms with Crippen LogP contribution < -0.4 is 81.4 Å². The number of hydrogen-bond acceptors (Lipinski definition) is 21. The third-order valence-corrected chi connectivity index (χ3v) is 21.8. The highest BCUT2D eigenvalue weighted by molar-refractivity contribution is 7.80. The number of nitrogens with one attached hydrogen (secondary N) is 14. The van der Waals surface area contributed by atoms with Crippen LogP contribution in [0.3, 0.4) is 0 Å². The zero-order valence-electron chi connectivity index (χ0n) is 69.2. The molecule has 126 heavy (non-hydrogen) atoms. The van der Waals surface area contributed by atoms with Crippen molar-refractivity contribution in [2.24, 2.45) is 28.9 Å². The molecule has 3 aromatic heterocycles. The number of phenols is 2. The molecule has 8 aromatic rings. The van der Waals surface area contributed by atoms with Crippen molar-refractivity contribution in [3.63, 3.8) is 0 Å². The van der Waals surface area contributed by atoms with Gasteiger partial charge in [-0.25, -0.2) is 0 Å². The largest absolute Gasteiger partial charge is 0.508 e. The number of carbonyl (C=O) groups is 16. The summed E-state index contributed by atoms with van der Waals surface area (Å²) in [7, 11) is 0. The Morgan fingerprint density at radius 3 is 1.34 bits per heavy atom. The van der Waals surface area contributed by atoms with Gasteiger partial charge in [-0.1, -0.05) is 92.7 Å². The zero-order valence-corrected chi connectivity index (χ0v) is 70.1. The van der Waals surface area contributed by atoms with Gasteiger partial charge >= 0.3 is 11.9 Å². The minimum Gasteiger partial charge on any atom is -0.508 e. The number of carboxylic acids is 2. The van der Waals surface area contributed by atoms with E-state index in [4.69, 9.17) is 22.9 Å². The second kappa shape index (κ2) is 46.0. The maximum Gasteiger partial charge on any atom is 0.305 e. The molecule has 0 spiro atoms. The molecular formula is C86H107N19O20S. The summed E-state index contributed by atoms with van der Waals surface area (Å²) in [6.45, 7) is 2.48. The maximum absolute atomic E-state index is 15.2. The number of nitrogens with two attached hydrogens (primary N) is 4. The van der Waals surface area contributed by atoms with E-state index < -0.39 is 212 Å². The number of aromatic hydroxyl groups is 2. The molecule has 0 aliphatic carbocycles. The van der Waals surface area contributed by atoms with Gasteiger partial charge in [-0.3, -0.25) is 76.7 Å². The molecule has 12 atom stereocenters. The summed E-state index contributed by atoms with van der Waals surface area (Å²) in [6, 6.07) is 14.7. The number of unbranched alkanes of at least 4 members (excludes halogenated alkanes) is 1. The molecule has 0 radical (unpaired) electrons. The second-order valence-corrected chi connectivity index (χ2v) is 31.6. The SMILES string of the molecule is CC(C)[C@H](NC(=O)[C@H](CCCCN)NC(=O)[C@H](Cc1c[nH]c2ccccc12)NC(=O)[C@H](Cc1c[nH]c2ccccc12)NC(=O)[C@@H](N)Cc1ccc(O)cc1)C(=O)NCC(=O)N[C@@H](Cc1c[nH]c2ccccc12)C(=O)N1CCC[C@H]1C(=O)N[C@@H](CC(=O)O)C(=O)N[C@@H](CCC(N)=O)C(=O)N[C@@H](CCC(=O)O)C(=O)N[C@@H](Cc1ccc(O)cc1)C(=O)N[C@@H](CS)C(N)=O. The van der Waals surface area contributed by atoms with Crippen molar-refractivity contribution in [3.05, 3.63) is 168 Å². The van der Waals surface area contributed by atoms with E-state index in [-0.39, 0.29) is 88.1 Å². The number of aromatic nitrogens is 3. The first-order valence-electron chi connectivity index (χ1n) is 41.1. The normalized spacial score (nSPS) is 15.1. The molecule has 5 aromatic carbocycles. The summed E-state index contributed by atoms with van der Waals surface area (Å²) in [5.74, 6) is -17.9. The highest BCUT2D eigenvalue weighted by Crippen LogP contribution is 2.27. The van der Waals surface area contributed by atoms with Crippen LogP contribution in [0.25, 0.3) is 32.7 Å². The average Bonchev–Trinajstić information content (AvgIpc) is 1.65. The minimum absolute atomic E-state index is 0.00603. The van der Waals surface area contributed by atoms with Crippen LogP contribution in [0.2, 0.25) is 0 Å². The summed E-state index contributed by atoms with van der Waals surface area (Å²) >= 11 is 4.05. The summed E-state index contributed by atoms with van der Waals surface area (Å²) in [6.07, 6.45) is 1.13. The summed E-state index contributed by atoms with van der Waals surface area (Å²) in [5, 5.41) is 70.0. The van der Waals surface area contributed by atoms with Crippen LogP contribution in [0.1, 0.15) is 106 Å². The highest BCUT2D eigenvalue weighted by atomic mass is 32.1. The monoisotopic (exact) mass is 1760 g/mol. The number of carbonyl (C=O) groups excluding carboxylic acids is 14. The molecular weight excluding hydrogens is 1650 g/mol. The van der Waals surface area contributed by atoms with Gasteiger partial charge in [0.25, 0.3) is 0 Å². The van der Waals surface area contributed by atoms with Gasteiger partial charge in [-0.2, -0.15) is 12.6 Å². The number of rotatable bonds is 48. The number of nitrogens with zero attached hydrogens (tertiary/aromatic N) is 1. The van der Waals surface area contributed by atoms with Crippen LogP contribution in [0.15, 0.2) is 140 Å². The number of phenolic OH excluding ortho intramolecular Hbond substituents is 2. The lowest BCUT2D eigenvalue weighted by atomic mass is 9.99. The summed E-state index contributed by atoms with van der Waals surface area (Å²) in [4.78, 5) is 234. The van der Waals surface area contributed by atoms with E-state index in [2.05, 4.69) is 86.1 Å². The quantitative estimate of drug-likeness (QED) is 0.0163. The fraction of sp³-hybridized carbons (Fsp3) is 0.395. The Bertz CT molecular complexity index is 5250. The number of primary amides is 2. The number of amides is 14. The van der Waals surface area contributed by atoms with E-state index in [1.807, 2.05) is 42.5 Å². The average molecular weight is 1760 g/mol. The Balaban J connectivity index is 0.894. The topological polar surface area (TPSA) is 641 Å². The molecule has 672 valence electrons. The molecule has 0 saturated carbocycles. The van der Waals surface area contributed by atoms with Crippen molar-refractivity contribution >= 4 is 140 Å². The van der Waals surface area contributed by atoms with Crippen molar-refractivity contribution in [1.82, 2.24) is 78.3 Å². The number of aromatic amines is 3. The third-order valence-electron chi connectivity index (χ3n) is 21.5. The first-order chi connectivity index (χ1) is 60.2. The van der Waals surface area contributed by atoms with Crippen LogP contribution in [-0.2, 0) is 109 Å². The third kappa shape index (κ3) is 27.6. The van der Waals surface area contributed by atoms with Crippen LogP contribution in [0.4, 0.5) is 0 Å². The number of fused-ring (bicyclic) bond motifs is 3. The molecule has 39 nitrogen and oxygen atoms in total. The summed E-state index contributed by atoms with van der Waals surface area (Å²) in [5.41, 5.74) is 28.1. The predicted molar refractivity (Wildman–Crippen MR) is 463 cm³/mol. The molecule has 4 heterocycles. The van der Waals surface area contributed by atoms with Crippen molar-refractivity contribution in [2.75, 3.05) is 25.4 Å². The van der Waals surface area contributed by atoms with E-state index in [0.717, 1.165) is 15.8 Å². The Hall–Kier alpha value is -13.9. The van der Waals surface area contributed by atoms with Gasteiger partial charge in [0, 0.05) is 102 Å². The van der Waals surface area contributed by atoms with Crippen molar-refractivity contribution in [3.8, 4) is 11.5 Å². The van der Waals surface area contributed by atoms with E-state index in [1.165, 1.54) is 36.4 Å². The predicted octanol–water partition coefficient (Wildman–Crippen LogP) is -0.857. The van der Waals surface area contributed by atoms with E-state index in [9.17, 15) is 82.8 Å². The van der Waals surface area contributed by atoms with Gasteiger partial charge in [0.15, 0.2) is 0 Å². The fourth-order valence-electron chi connectivity index (χ4n) is 14.7. The highest BCUT2D eigenvalue weighted by Gasteiger charge is 2.42. The number of thiol groups is 1. The first kappa shape index (κ1) is 95.9. The van der Waals surface area contributed by atoms with E-state index in [0.29, 0.717) is 56.0 Å². The Labute approximate surface area is 728 Å². The molecule has 1 fully saturated rings. The first-order valence-corrected chi connectivity index (χ1v) is 41.7. The zero-order chi connectivity index (χ0) is 91.4.